The fraction of sp³-hybridized carbons (Fsp3) is 0. The van der Waals surface area contributed by atoms with E-state index in [-0.39, 0.29) is 0 Å². The standard InChI is InChI=1S/3C42H28/c1-2-12-29(13-3-1)30-24-26-31(27-25-30)33-16-10-17-34(28-33)41-37-19-6-8-21-39(37)42(40-22-9-7-20-38(40)41)36-23-11-15-32-14-4-5-18-35(32)36;1-2-11-29(12-3-1)30-21-23-31(24-22-30)32-25-27-34(28-26-32)41-37-16-6-8-18-39(37)42(40-19-9-7-17-38(40)41)36-20-10-14-33-13-4-5-15-35(33)36;1-2-13-29(14-3-1)30-25-27-32(28-26-30)34-18-6-7-19-35(34)41-37-20-8-10-22-39(37)42(40-23-11-9-21-38(40)41)36-24-12-16-31-15-4-5-17-33(31)36/h3*1-28H. The van der Waals surface area contributed by atoms with E-state index in [0.29, 0.717) is 0 Å². The van der Waals surface area contributed by atoms with Crippen LogP contribution in [0.5, 0.6) is 0 Å². The Morgan fingerprint density at radius 2 is 0.254 bits per heavy atom. The van der Waals surface area contributed by atoms with Crippen molar-refractivity contribution in [1.82, 2.24) is 0 Å². The smallest absolute Gasteiger partial charge is 0.00201 e. The van der Waals surface area contributed by atoms with Crippen LogP contribution in [0.3, 0.4) is 0 Å². The number of benzene rings is 24. The second kappa shape index (κ2) is 33.6. The second-order valence-electron chi connectivity index (χ2n) is 32.6. The van der Waals surface area contributed by atoms with Crippen LogP contribution in [0.2, 0.25) is 0 Å². The molecule has 0 atom stereocenters. The molecule has 0 amide bonds. The maximum Gasteiger partial charge on any atom is -0.00201 e. The van der Waals surface area contributed by atoms with E-state index in [2.05, 4.69) is 510 Å². The van der Waals surface area contributed by atoms with Crippen LogP contribution in [0.1, 0.15) is 0 Å². The van der Waals surface area contributed by atoms with Gasteiger partial charge in [0, 0.05) is 0 Å². The molecule has 0 aliphatic carbocycles. The normalized spacial score (nSPS) is 11.3. The van der Waals surface area contributed by atoms with Gasteiger partial charge in [-0.3, -0.25) is 0 Å². The summed E-state index contributed by atoms with van der Waals surface area (Å²) in [7, 11) is 0. The molecule has 0 N–H and O–H groups in total. The third-order valence-corrected chi connectivity index (χ3v) is 25.4. The zero-order valence-electron chi connectivity index (χ0n) is 69.5. The summed E-state index contributed by atoms with van der Waals surface area (Å²) in [6.07, 6.45) is 0. The third kappa shape index (κ3) is 14.2. The van der Waals surface area contributed by atoms with Gasteiger partial charge in [0.1, 0.15) is 0 Å². The van der Waals surface area contributed by atoms with Crippen molar-refractivity contribution in [1.29, 1.82) is 0 Å². The van der Waals surface area contributed by atoms with Crippen LogP contribution in [0.15, 0.2) is 510 Å². The van der Waals surface area contributed by atoms with Crippen molar-refractivity contribution in [2.45, 2.75) is 0 Å². The number of hydrogen-bond acceptors (Lipinski definition) is 0. The SMILES string of the molecule is c1ccc(-c2ccc(-c3ccc(-c4c5ccccc5c(-c5cccc6ccccc56)c5ccccc45)cc3)cc2)cc1.c1ccc(-c2ccc(-c3cccc(-c4c5ccccc5c(-c5cccc6ccccc56)c5ccccc45)c3)cc2)cc1.c1ccc(-c2ccc(-c3ccccc3-c3c4ccccc4c(-c4cccc5ccccc45)c4ccccc34)cc2)cc1. The van der Waals surface area contributed by atoms with Gasteiger partial charge in [-0.15, -0.1) is 0 Å². The summed E-state index contributed by atoms with van der Waals surface area (Å²) in [4.78, 5) is 0. The predicted octanol–water partition coefficient (Wildman–Crippen LogP) is 35.4. The Balaban J connectivity index is 0.000000112. The predicted molar refractivity (Wildman–Crippen MR) is 542 cm³/mol. The van der Waals surface area contributed by atoms with E-state index in [0.717, 1.165) is 0 Å². The Morgan fingerprint density at radius 3 is 0.563 bits per heavy atom. The minimum atomic E-state index is 1.22. The average Bonchev–Trinajstić information content (AvgIpc) is 0.732. The molecule has 0 fully saturated rings. The molecule has 0 aliphatic heterocycles. The zero-order chi connectivity index (χ0) is 83.6. The van der Waals surface area contributed by atoms with Gasteiger partial charge in [0.15, 0.2) is 0 Å². The van der Waals surface area contributed by atoms with Crippen molar-refractivity contribution in [2.75, 3.05) is 0 Å². The summed E-state index contributed by atoms with van der Waals surface area (Å²) < 4.78 is 0. The van der Waals surface area contributed by atoms with Gasteiger partial charge in [-0.2, -0.15) is 0 Å². The molecular formula is C126H84. The first-order valence-electron chi connectivity index (χ1n) is 43.6. The molecule has 24 rings (SSSR count). The second-order valence-corrected chi connectivity index (χ2v) is 32.6. The van der Waals surface area contributed by atoms with Crippen LogP contribution in [-0.4, -0.2) is 0 Å². The maximum atomic E-state index is 2.35. The quantitative estimate of drug-likeness (QED) is 0.107. The Bertz CT molecular complexity index is 8000. The lowest BCUT2D eigenvalue weighted by Gasteiger charge is -2.20. The molecular weight excluding hydrogens is 1510 g/mol. The van der Waals surface area contributed by atoms with Crippen LogP contribution in [0.4, 0.5) is 0 Å². The van der Waals surface area contributed by atoms with Crippen molar-refractivity contribution >= 4 is 97.0 Å². The summed E-state index contributed by atoms with van der Waals surface area (Å²) in [6.45, 7) is 0. The van der Waals surface area contributed by atoms with Crippen LogP contribution in [-0.2, 0) is 0 Å². The minimum absolute atomic E-state index is 1.22. The molecule has 0 spiro atoms. The molecule has 0 heterocycles. The molecule has 0 aliphatic rings. The maximum absolute atomic E-state index is 2.35. The summed E-state index contributed by atoms with van der Waals surface area (Å²) in [6, 6.07) is 185. The molecule has 0 saturated carbocycles. The van der Waals surface area contributed by atoms with Crippen LogP contribution >= 0.6 is 0 Å². The minimum Gasteiger partial charge on any atom is -0.0622 e. The highest BCUT2D eigenvalue weighted by molar-refractivity contribution is 6.27. The van der Waals surface area contributed by atoms with Gasteiger partial charge in [0.25, 0.3) is 0 Å². The molecule has 0 bridgehead atoms. The highest BCUT2D eigenvalue weighted by Gasteiger charge is 2.24. The molecule has 0 unspecified atom stereocenters. The van der Waals surface area contributed by atoms with E-state index < -0.39 is 0 Å². The topological polar surface area (TPSA) is 0 Å². The van der Waals surface area contributed by atoms with Crippen molar-refractivity contribution in [3.8, 4) is 134 Å². The molecule has 24 aromatic rings. The fourth-order valence-corrected chi connectivity index (χ4v) is 19.6. The largest absolute Gasteiger partial charge is 0.0622 e. The average molecular weight is 1600 g/mol. The lowest BCUT2D eigenvalue weighted by Crippen LogP contribution is -1.93. The summed E-state index contributed by atoms with van der Waals surface area (Å²) >= 11 is 0. The van der Waals surface area contributed by atoms with Crippen LogP contribution < -0.4 is 0 Å². The molecule has 126 heavy (non-hydrogen) atoms. The molecule has 0 saturated heterocycles. The van der Waals surface area contributed by atoms with E-state index >= 15 is 0 Å². The lowest BCUT2D eigenvalue weighted by atomic mass is 9.83. The first-order chi connectivity index (χ1) is 62.6. The first-order valence-corrected chi connectivity index (χ1v) is 43.6. The third-order valence-electron chi connectivity index (χ3n) is 25.4. The molecule has 24 aromatic carbocycles. The Hall–Kier alpha value is -16.4. The van der Waals surface area contributed by atoms with Crippen molar-refractivity contribution < 1.29 is 0 Å². The summed E-state index contributed by atoms with van der Waals surface area (Å²) in [5.74, 6) is 0. The number of fused-ring (bicyclic) bond motifs is 9. The summed E-state index contributed by atoms with van der Waals surface area (Å²) in [5.41, 5.74) is 30.1. The van der Waals surface area contributed by atoms with E-state index in [1.165, 1.54) is 230 Å². The lowest BCUT2D eigenvalue weighted by molar-refractivity contribution is 1.58. The van der Waals surface area contributed by atoms with Gasteiger partial charge in [-0.05, 0) is 237 Å². The highest BCUT2D eigenvalue weighted by atomic mass is 14.3. The molecule has 0 heteroatoms. The zero-order valence-corrected chi connectivity index (χ0v) is 69.5. The van der Waals surface area contributed by atoms with Crippen LogP contribution in [0.25, 0.3) is 230 Å². The van der Waals surface area contributed by atoms with E-state index in [9.17, 15) is 0 Å². The Labute approximate surface area is 734 Å². The fourth-order valence-electron chi connectivity index (χ4n) is 19.6. The Morgan fingerprint density at radius 1 is 0.0794 bits per heavy atom. The van der Waals surface area contributed by atoms with E-state index in [1.807, 2.05) is 0 Å². The number of rotatable bonds is 12. The highest BCUT2D eigenvalue weighted by Crippen LogP contribution is 2.51. The summed E-state index contributed by atoms with van der Waals surface area (Å²) in [5, 5.41) is 22.9. The van der Waals surface area contributed by atoms with Crippen LogP contribution in [0, 0.1) is 0 Å². The van der Waals surface area contributed by atoms with Gasteiger partial charge < -0.3 is 0 Å². The molecule has 0 aromatic heterocycles. The van der Waals surface area contributed by atoms with Gasteiger partial charge >= 0.3 is 0 Å². The molecule has 588 valence electrons. The van der Waals surface area contributed by atoms with Gasteiger partial charge in [0.05, 0.1) is 0 Å². The Kier molecular flexibility index (Phi) is 20.2. The van der Waals surface area contributed by atoms with Gasteiger partial charge in [-0.1, -0.05) is 504 Å². The monoisotopic (exact) mass is 1600 g/mol. The molecule has 0 radical (unpaired) electrons. The molecule has 0 nitrogen and oxygen atoms in total. The van der Waals surface area contributed by atoms with Crippen molar-refractivity contribution in [3.63, 3.8) is 0 Å². The van der Waals surface area contributed by atoms with Gasteiger partial charge in [0.2, 0.25) is 0 Å². The van der Waals surface area contributed by atoms with Crippen molar-refractivity contribution in [3.05, 3.63) is 510 Å². The van der Waals surface area contributed by atoms with Gasteiger partial charge in [-0.25, -0.2) is 0 Å². The first kappa shape index (κ1) is 75.8. The van der Waals surface area contributed by atoms with E-state index in [4.69, 9.17) is 0 Å². The van der Waals surface area contributed by atoms with Crippen molar-refractivity contribution in [2.24, 2.45) is 0 Å². The van der Waals surface area contributed by atoms with E-state index in [1.54, 1.807) is 0 Å². The number of hydrogen-bond donors (Lipinski definition) is 0.